The number of likely N-dealkylation sites (tertiary alicyclic amines) is 1. The molecule has 5 heterocycles. The third-order valence-electron chi connectivity index (χ3n) is 16.2. The number of aryl methyl sites for hydroxylation is 1. The average Bonchev–Trinajstić information content (AvgIpc) is 4.47. The van der Waals surface area contributed by atoms with Crippen molar-refractivity contribution < 1.29 is 24.2 Å². The molecular weight excluding hydrogens is 1010 g/mol. The largest absolute Gasteiger partial charge is 0.494 e. The molecule has 14 nitrogen and oxygen atoms in total. The van der Waals surface area contributed by atoms with Crippen molar-refractivity contribution in [2.45, 2.75) is 141 Å². The Balaban J connectivity index is 0.680. The first-order valence-electron chi connectivity index (χ1n) is 29.3. The number of aromatic nitrogens is 4. The fourth-order valence-electron chi connectivity index (χ4n) is 11.6. The standard InChI is InChI=1S/C64H81N9O5S/c1-46-58(49-26-16-13-17-27-49)61-66-54(44-57(73(61)69-46)71-37-35-70(36-38-71)39-40-74)51-30-21-25-48(42-51)24-15-11-9-7-5-4-6-8-10-12-20-41-78-53-32-22-31-52(43-53)60(75)55-45-79-63(67-55)56-33-23-34-72(56)64(77)59(50-28-18-14-19-29-50)68-62(76)47(2)65-3/h13,16-17,21-22,25-27,30-32,42-45,47,50,56,59,65,74H,4-12,14,18-20,23,28-29,33-41H2,1-3H3,(H,68,76)/t47-,56-,59-/m0/s1. The van der Waals surface area contributed by atoms with Crippen molar-refractivity contribution in [2.24, 2.45) is 5.92 Å². The molecule has 418 valence electrons. The number of carbonyl (C=O) groups excluding carboxylic acids is 3. The highest BCUT2D eigenvalue weighted by atomic mass is 32.1. The van der Waals surface area contributed by atoms with Crippen LogP contribution in [0.1, 0.15) is 154 Å². The summed E-state index contributed by atoms with van der Waals surface area (Å²) >= 11 is 1.43. The Labute approximate surface area is 471 Å². The number of nitrogens with one attached hydrogen (secondary N) is 2. The fourth-order valence-corrected chi connectivity index (χ4v) is 12.5. The second kappa shape index (κ2) is 28.6. The molecule has 2 amide bonds. The van der Waals surface area contributed by atoms with Crippen LogP contribution in [-0.4, -0.2) is 124 Å². The van der Waals surface area contributed by atoms with Crippen LogP contribution in [0, 0.1) is 24.7 Å². The van der Waals surface area contributed by atoms with Crippen molar-refractivity contribution >= 4 is 40.4 Å². The summed E-state index contributed by atoms with van der Waals surface area (Å²) in [7, 11) is 1.75. The van der Waals surface area contributed by atoms with Gasteiger partial charge < -0.3 is 30.3 Å². The minimum Gasteiger partial charge on any atom is -0.494 e. The van der Waals surface area contributed by atoms with E-state index in [0.717, 1.165) is 147 Å². The molecule has 3 N–H and O–H groups in total. The Bertz CT molecular complexity index is 3020. The SMILES string of the molecule is CN[C@@H](C)C(=O)N[C@H](C(=O)N1CCC[C@H]1c1nc(C(=O)c2cccc(OCCCCCCCCCCCC#Cc3cccc(-c4cc(N5CCN(CCO)CC5)n5nc(C)c(-c6ccccc6)c5n4)c3)c2)cs1)C1CCCCC1. The summed E-state index contributed by atoms with van der Waals surface area (Å²) in [6.07, 6.45) is 18.1. The molecular formula is C64H81N9O5S. The van der Waals surface area contributed by atoms with E-state index in [4.69, 9.17) is 19.8 Å². The summed E-state index contributed by atoms with van der Waals surface area (Å²) < 4.78 is 8.14. The summed E-state index contributed by atoms with van der Waals surface area (Å²) in [5.41, 5.74) is 7.79. The number of hydrogen-bond acceptors (Lipinski definition) is 12. The zero-order valence-corrected chi connectivity index (χ0v) is 47.6. The average molecular weight is 1090 g/mol. The van der Waals surface area contributed by atoms with Crippen LogP contribution < -0.4 is 20.3 Å². The second-order valence-electron chi connectivity index (χ2n) is 21.8. The molecule has 3 aliphatic rings. The van der Waals surface area contributed by atoms with E-state index in [1.807, 2.05) is 52.1 Å². The number of aliphatic hydroxyl groups is 1. The van der Waals surface area contributed by atoms with Gasteiger partial charge in [0.1, 0.15) is 28.3 Å². The van der Waals surface area contributed by atoms with E-state index in [2.05, 4.69) is 93.8 Å². The van der Waals surface area contributed by atoms with E-state index < -0.39 is 12.1 Å². The van der Waals surface area contributed by atoms with Crippen LogP contribution in [0.5, 0.6) is 5.75 Å². The van der Waals surface area contributed by atoms with Gasteiger partial charge in [-0.25, -0.2) is 9.97 Å². The lowest BCUT2D eigenvalue weighted by molar-refractivity contribution is -0.139. The van der Waals surface area contributed by atoms with Gasteiger partial charge in [-0.05, 0) is 95.2 Å². The molecule has 1 aliphatic carbocycles. The molecule has 9 rings (SSSR count). The number of fused-ring (bicyclic) bond motifs is 1. The van der Waals surface area contributed by atoms with Crippen LogP contribution in [-0.2, 0) is 9.59 Å². The van der Waals surface area contributed by atoms with Crippen LogP contribution in [0.15, 0.2) is 90.3 Å². The van der Waals surface area contributed by atoms with E-state index in [1.165, 1.54) is 49.9 Å². The highest BCUT2D eigenvalue weighted by Gasteiger charge is 2.40. The highest BCUT2D eigenvalue weighted by molar-refractivity contribution is 7.10. The number of hydrogen-bond donors (Lipinski definition) is 3. The first kappa shape index (κ1) is 57.3. The lowest BCUT2D eigenvalue weighted by Crippen LogP contribution is -2.55. The lowest BCUT2D eigenvalue weighted by atomic mass is 9.83. The van der Waals surface area contributed by atoms with Gasteiger partial charge in [0, 0.05) is 79.4 Å². The van der Waals surface area contributed by atoms with Crippen molar-refractivity contribution in [3.63, 3.8) is 0 Å². The summed E-state index contributed by atoms with van der Waals surface area (Å²) in [5.74, 6) is 8.36. The number of amides is 2. The monoisotopic (exact) mass is 1090 g/mol. The second-order valence-corrected chi connectivity index (χ2v) is 22.7. The molecule has 2 saturated heterocycles. The Kier molecular flexibility index (Phi) is 20.7. The number of piperazine rings is 1. The molecule has 1 saturated carbocycles. The van der Waals surface area contributed by atoms with Gasteiger partial charge in [-0.1, -0.05) is 131 Å². The Morgan fingerprint density at radius 1 is 0.797 bits per heavy atom. The fraction of sp³-hybridized carbons (Fsp3) is 0.500. The smallest absolute Gasteiger partial charge is 0.246 e. The third kappa shape index (κ3) is 14.9. The Morgan fingerprint density at radius 3 is 2.29 bits per heavy atom. The molecule has 79 heavy (non-hydrogen) atoms. The quantitative estimate of drug-likeness (QED) is 0.0285. The van der Waals surface area contributed by atoms with Crippen molar-refractivity contribution in [1.82, 2.24) is 40.0 Å². The number of thiazole rings is 1. The van der Waals surface area contributed by atoms with Gasteiger partial charge in [-0.15, -0.1) is 11.3 Å². The van der Waals surface area contributed by atoms with Gasteiger partial charge in [0.2, 0.25) is 17.6 Å². The molecule has 2 aliphatic heterocycles. The third-order valence-corrected chi connectivity index (χ3v) is 17.2. The number of nitrogens with zero attached hydrogens (tertiary/aromatic N) is 7. The van der Waals surface area contributed by atoms with Crippen molar-refractivity contribution in [1.29, 1.82) is 0 Å². The van der Waals surface area contributed by atoms with Gasteiger partial charge in [0.25, 0.3) is 0 Å². The van der Waals surface area contributed by atoms with Crippen LogP contribution in [0.2, 0.25) is 0 Å². The minimum atomic E-state index is -0.561. The number of unbranched alkanes of at least 4 members (excludes halogenated alkanes) is 9. The Hall–Kier alpha value is -6.44. The van der Waals surface area contributed by atoms with E-state index in [9.17, 15) is 19.5 Å². The lowest BCUT2D eigenvalue weighted by Gasteiger charge is -2.35. The number of ether oxygens (including phenoxy) is 1. The van der Waals surface area contributed by atoms with Crippen LogP contribution in [0.4, 0.5) is 5.82 Å². The van der Waals surface area contributed by atoms with Crippen LogP contribution >= 0.6 is 11.3 Å². The number of anilines is 1. The van der Waals surface area contributed by atoms with Crippen molar-refractivity contribution in [3.8, 4) is 40.0 Å². The number of aliphatic hydroxyl groups excluding tert-OH is 1. The van der Waals surface area contributed by atoms with Gasteiger partial charge in [-0.2, -0.15) is 9.61 Å². The first-order valence-corrected chi connectivity index (χ1v) is 30.2. The van der Waals surface area contributed by atoms with Gasteiger partial charge >= 0.3 is 0 Å². The zero-order valence-electron chi connectivity index (χ0n) is 46.8. The normalized spacial score (nSPS) is 16.9. The number of likely N-dealkylation sites (N-methyl/N-ethyl adjacent to an activating group) is 1. The van der Waals surface area contributed by atoms with Crippen molar-refractivity contribution in [2.75, 3.05) is 64.4 Å². The summed E-state index contributed by atoms with van der Waals surface area (Å²) in [6, 6.07) is 27.2. The van der Waals surface area contributed by atoms with Gasteiger partial charge in [0.05, 0.1) is 36.7 Å². The molecule has 0 spiro atoms. The molecule has 0 radical (unpaired) electrons. The predicted octanol–water partition coefficient (Wildman–Crippen LogP) is 10.8. The first-order chi connectivity index (χ1) is 38.7. The van der Waals surface area contributed by atoms with Gasteiger partial charge in [-0.3, -0.25) is 19.3 Å². The maximum atomic E-state index is 14.2. The number of β-amino-alcohol motifs (C(OH)–C–C–N with tert-alkyl or cyclic N) is 1. The molecule has 3 atom stereocenters. The summed E-state index contributed by atoms with van der Waals surface area (Å²) in [5, 5.41) is 23.3. The molecule has 0 unspecified atom stereocenters. The molecule has 3 aromatic heterocycles. The number of rotatable bonds is 25. The summed E-state index contributed by atoms with van der Waals surface area (Å²) in [4.78, 5) is 57.7. The molecule has 0 bridgehead atoms. The predicted molar refractivity (Wildman–Crippen MR) is 316 cm³/mol. The van der Waals surface area contributed by atoms with E-state index in [1.54, 1.807) is 7.05 Å². The maximum Gasteiger partial charge on any atom is 0.246 e. The number of ketones is 1. The Morgan fingerprint density at radius 2 is 1.53 bits per heavy atom. The molecule has 15 heteroatoms. The molecule has 3 fully saturated rings. The van der Waals surface area contributed by atoms with Crippen molar-refractivity contribution in [3.05, 3.63) is 118 Å². The highest BCUT2D eigenvalue weighted by Crippen LogP contribution is 2.38. The maximum absolute atomic E-state index is 14.2. The summed E-state index contributed by atoms with van der Waals surface area (Å²) in [6.45, 7) is 9.42. The molecule has 3 aromatic carbocycles. The van der Waals surface area contributed by atoms with Crippen LogP contribution in [0.25, 0.3) is 28.0 Å². The minimum absolute atomic E-state index is 0.0344. The van der Waals surface area contributed by atoms with Crippen LogP contribution in [0.3, 0.4) is 0 Å². The molecule has 6 aromatic rings. The van der Waals surface area contributed by atoms with Gasteiger partial charge in [0.15, 0.2) is 5.65 Å². The number of carbonyl (C=O) groups is 3. The van der Waals surface area contributed by atoms with E-state index in [0.29, 0.717) is 36.7 Å². The topological polar surface area (TPSA) is 158 Å². The number of benzene rings is 3. The van der Waals surface area contributed by atoms with E-state index in [-0.39, 0.29) is 36.2 Å². The van der Waals surface area contributed by atoms with E-state index >= 15 is 0 Å². The zero-order chi connectivity index (χ0) is 54.9.